The van der Waals surface area contributed by atoms with Crippen LogP contribution in [0.2, 0.25) is 0 Å². The standard InChI is InChI=1S/C36H66/c1-5-9-11-13-15-17-19-21-23-25-29-35-31-34(28-8-4)36(32-33(35)27-7-3)30-26-24-22-20-18-16-14-12-10-6-2/h31-32H,5-30H2,1-4H3. The normalized spacial score (nSPS) is 11.4. The topological polar surface area (TPSA) is 0 Å². The third-order valence-electron chi connectivity index (χ3n) is 8.16. The molecule has 0 atom stereocenters. The highest BCUT2D eigenvalue weighted by atomic mass is 14.2. The molecule has 0 heteroatoms. The molecule has 0 saturated heterocycles. The van der Waals surface area contributed by atoms with Gasteiger partial charge in [-0.1, -0.05) is 168 Å². The second kappa shape index (κ2) is 24.6. The Morgan fingerprint density at radius 2 is 0.528 bits per heavy atom. The molecule has 0 spiro atoms. The summed E-state index contributed by atoms with van der Waals surface area (Å²) in [5.41, 5.74) is 6.73. The fourth-order valence-electron chi connectivity index (χ4n) is 5.87. The van der Waals surface area contributed by atoms with Crippen molar-refractivity contribution in [2.45, 2.75) is 195 Å². The molecular weight excluding hydrogens is 432 g/mol. The minimum atomic E-state index is 1.27. The van der Waals surface area contributed by atoms with Gasteiger partial charge in [0.25, 0.3) is 0 Å². The third-order valence-corrected chi connectivity index (χ3v) is 8.16. The SMILES string of the molecule is CCCCCCCCCCCCc1cc(CCC)c(CCCCCCCCCCCC)cc1CCC. The average molecular weight is 499 g/mol. The molecule has 0 heterocycles. The van der Waals surface area contributed by atoms with E-state index in [0.29, 0.717) is 0 Å². The van der Waals surface area contributed by atoms with Crippen molar-refractivity contribution in [2.24, 2.45) is 0 Å². The lowest BCUT2D eigenvalue weighted by molar-refractivity contribution is 0.555. The summed E-state index contributed by atoms with van der Waals surface area (Å²) < 4.78 is 0. The van der Waals surface area contributed by atoms with Crippen LogP contribution >= 0.6 is 0 Å². The maximum Gasteiger partial charge on any atom is -0.0276 e. The van der Waals surface area contributed by atoms with Gasteiger partial charge < -0.3 is 0 Å². The minimum absolute atomic E-state index is 1.27. The summed E-state index contributed by atoms with van der Waals surface area (Å²) >= 11 is 0. The first kappa shape index (κ1) is 33.2. The summed E-state index contributed by atoms with van der Waals surface area (Å²) in [6.07, 6.45) is 36.3. The van der Waals surface area contributed by atoms with Crippen LogP contribution < -0.4 is 0 Å². The van der Waals surface area contributed by atoms with Crippen molar-refractivity contribution in [3.05, 3.63) is 34.4 Å². The molecule has 0 aliphatic carbocycles. The van der Waals surface area contributed by atoms with E-state index in [1.807, 2.05) is 0 Å². The van der Waals surface area contributed by atoms with Crippen molar-refractivity contribution >= 4 is 0 Å². The molecule has 0 saturated carbocycles. The van der Waals surface area contributed by atoms with Crippen molar-refractivity contribution < 1.29 is 0 Å². The summed E-state index contributed by atoms with van der Waals surface area (Å²) in [7, 11) is 0. The number of rotatable bonds is 26. The zero-order chi connectivity index (χ0) is 26.1. The van der Waals surface area contributed by atoms with E-state index in [2.05, 4.69) is 39.8 Å². The van der Waals surface area contributed by atoms with Crippen LogP contribution in [0.5, 0.6) is 0 Å². The van der Waals surface area contributed by atoms with Gasteiger partial charge in [-0.15, -0.1) is 0 Å². The summed E-state index contributed by atoms with van der Waals surface area (Å²) in [6, 6.07) is 5.29. The Labute approximate surface area is 228 Å². The van der Waals surface area contributed by atoms with Crippen molar-refractivity contribution in [2.75, 3.05) is 0 Å². The molecule has 0 aromatic heterocycles. The van der Waals surface area contributed by atoms with Gasteiger partial charge in [0.1, 0.15) is 0 Å². The molecule has 0 aliphatic rings. The largest absolute Gasteiger partial charge is 0.0654 e. The Balaban J connectivity index is 2.41. The van der Waals surface area contributed by atoms with Crippen LogP contribution in [0.15, 0.2) is 12.1 Å². The van der Waals surface area contributed by atoms with E-state index in [0.717, 1.165) is 0 Å². The number of benzene rings is 1. The van der Waals surface area contributed by atoms with Gasteiger partial charge in [-0.05, 0) is 60.8 Å². The quantitative estimate of drug-likeness (QED) is 0.111. The fraction of sp³-hybridized carbons (Fsp3) is 0.833. The second-order valence-corrected chi connectivity index (χ2v) is 11.8. The smallest absolute Gasteiger partial charge is 0.0276 e. The number of hydrogen-bond donors (Lipinski definition) is 0. The molecule has 0 unspecified atom stereocenters. The van der Waals surface area contributed by atoms with Gasteiger partial charge in [-0.3, -0.25) is 0 Å². The van der Waals surface area contributed by atoms with E-state index in [9.17, 15) is 0 Å². The van der Waals surface area contributed by atoms with Gasteiger partial charge in [-0.25, -0.2) is 0 Å². The van der Waals surface area contributed by atoms with E-state index < -0.39 is 0 Å². The van der Waals surface area contributed by atoms with Crippen LogP contribution in [-0.4, -0.2) is 0 Å². The van der Waals surface area contributed by atoms with Crippen LogP contribution in [0.3, 0.4) is 0 Å². The Hall–Kier alpha value is -0.780. The molecule has 0 bridgehead atoms. The maximum absolute atomic E-state index is 2.65. The predicted molar refractivity (Wildman–Crippen MR) is 166 cm³/mol. The molecule has 1 aromatic carbocycles. The predicted octanol–water partition coefficient (Wildman–Crippen LogP) is 12.5. The number of unbranched alkanes of at least 4 members (excludes halogenated alkanes) is 18. The van der Waals surface area contributed by atoms with Gasteiger partial charge in [0.15, 0.2) is 0 Å². The van der Waals surface area contributed by atoms with Crippen molar-refractivity contribution in [3.63, 3.8) is 0 Å². The lowest BCUT2D eigenvalue weighted by atomic mass is 9.89. The summed E-state index contributed by atoms with van der Waals surface area (Å²) in [6.45, 7) is 9.32. The van der Waals surface area contributed by atoms with E-state index >= 15 is 0 Å². The van der Waals surface area contributed by atoms with Crippen LogP contribution in [-0.2, 0) is 25.7 Å². The molecule has 0 amide bonds. The Morgan fingerprint density at radius 3 is 0.806 bits per heavy atom. The first-order valence-corrected chi connectivity index (χ1v) is 16.9. The van der Waals surface area contributed by atoms with E-state index in [-0.39, 0.29) is 0 Å². The molecule has 0 fully saturated rings. The average Bonchev–Trinajstić information content (AvgIpc) is 2.88. The molecule has 1 rings (SSSR count). The lowest BCUT2D eigenvalue weighted by Crippen LogP contribution is -2.03. The summed E-state index contributed by atoms with van der Waals surface area (Å²) in [5.74, 6) is 0. The van der Waals surface area contributed by atoms with Crippen molar-refractivity contribution in [1.82, 2.24) is 0 Å². The molecule has 36 heavy (non-hydrogen) atoms. The highest BCUT2D eigenvalue weighted by Crippen LogP contribution is 2.25. The van der Waals surface area contributed by atoms with Gasteiger partial charge in [-0.2, -0.15) is 0 Å². The molecule has 210 valence electrons. The Bertz CT molecular complexity index is 545. The highest BCUT2D eigenvalue weighted by Gasteiger charge is 2.10. The Morgan fingerprint density at radius 1 is 0.278 bits per heavy atom. The monoisotopic (exact) mass is 499 g/mol. The minimum Gasteiger partial charge on any atom is -0.0654 e. The van der Waals surface area contributed by atoms with Crippen LogP contribution in [0.25, 0.3) is 0 Å². The molecular formula is C36H66. The van der Waals surface area contributed by atoms with E-state index in [1.165, 1.54) is 167 Å². The van der Waals surface area contributed by atoms with E-state index in [4.69, 9.17) is 0 Å². The number of hydrogen-bond acceptors (Lipinski definition) is 0. The van der Waals surface area contributed by atoms with Crippen LogP contribution in [0, 0.1) is 0 Å². The van der Waals surface area contributed by atoms with Gasteiger partial charge in [0, 0.05) is 0 Å². The highest BCUT2D eigenvalue weighted by molar-refractivity contribution is 5.39. The molecule has 0 N–H and O–H groups in total. The van der Waals surface area contributed by atoms with Crippen molar-refractivity contribution in [1.29, 1.82) is 0 Å². The van der Waals surface area contributed by atoms with Gasteiger partial charge in [0.05, 0.1) is 0 Å². The van der Waals surface area contributed by atoms with Crippen LogP contribution in [0.1, 0.15) is 191 Å². The zero-order valence-corrected chi connectivity index (χ0v) is 25.5. The van der Waals surface area contributed by atoms with Crippen LogP contribution in [0.4, 0.5) is 0 Å². The molecule has 0 aliphatic heterocycles. The molecule has 0 nitrogen and oxygen atoms in total. The molecule has 1 aromatic rings. The second-order valence-electron chi connectivity index (χ2n) is 11.8. The third kappa shape index (κ3) is 16.9. The van der Waals surface area contributed by atoms with Crippen molar-refractivity contribution in [3.8, 4) is 0 Å². The lowest BCUT2D eigenvalue weighted by Gasteiger charge is -2.17. The zero-order valence-electron chi connectivity index (χ0n) is 25.5. The Kier molecular flexibility index (Phi) is 22.7. The van der Waals surface area contributed by atoms with E-state index in [1.54, 1.807) is 22.3 Å². The maximum atomic E-state index is 2.65. The number of aryl methyl sites for hydroxylation is 4. The fourth-order valence-corrected chi connectivity index (χ4v) is 5.87. The summed E-state index contributed by atoms with van der Waals surface area (Å²) in [5, 5.41) is 0. The van der Waals surface area contributed by atoms with Gasteiger partial charge >= 0.3 is 0 Å². The summed E-state index contributed by atoms with van der Waals surface area (Å²) in [4.78, 5) is 0. The molecule has 0 radical (unpaired) electrons. The van der Waals surface area contributed by atoms with Gasteiger partial charge in [0.2, 0.25) is 0 Å². The first-order valence-electron chi connectivity index (χ1n) is 16.9. The first-order chi connectivity index (χ1) is 17.8.